The van der Waals surface area contributed by atoms with E-state index in [9.17, 15) is 4.79 Å². The molecule has 1 saturated heterocycles. The Kier molecular flexibility index (Phi) is 6.00. The molecule has 8 heteroatoms. The van der Waals surface area contributed by atoms with Crippen LogP contribution in [0.15, 0.2) is 60.7 Å². The van der Waals surface area contributed by atoms with Crippen molar-refractivity contribution in [2.75, 3.05) is 24.4 Å². The van der Waals surface area contributed by atoms with E-state index in [0.717, 1.165) is 33.8 Å². The van der Waals surface area contributed by atoms with E-state index in [-0.39, 0.29) is 5.91 Å². The first kappa shape index (κ1) is 23.9. The highest BCUT2D eigenvalue weighted by Crippen LogP contribution is 2.52. The molecule has 36 heavy (non-hydrogen) atoms. The van der Waals surface area contributed by atoms with Gasteiger partial charge in [-0.1, -0.05) is 29.8 Å². The minimum absolute atomic E-state index is 0.170. The lowest BCUT2D eigenvalue weighted by Gasteiger charge is -2.56. The van der Waals surface area contributed by atoms with Crippen molar-refractivity contribution in [3.05, 3.63) is 77.4 Å². The lowest BCUT2D eigenvalue weighted by Crippen LogP contribution is -2.72. The number of ether oxygens (including phenoxy) is 3. The molecule has 5 rings (SSSR count). The monoisotopic (exact) mass is 503 g/mol. The number of nitrogens with zero attached hydrogens (tertiary/aromatic N) is 1. The van der Waals surface area contributed by atoms with Gasteiger partial charge in [0, 0.05) is 16.9 Å². The van der Waals surface area contributed by atoms with Gasteiger partial charge >= 0.3 is 0 Å². The first-order chi connectivity index (χ1) is 17.3. The Morgan fingerprint density at radius 1 is 1.08 bits per heavy atom. The molecule has 2 bridgehead atoms. The highest BCUT2D eigenvalue weighted by molar-refractivity contribution is 7.80. The average Bonchev–Trinajstić information content (AvgIpc) is 2.85. The quantitative estimate of drug-likeness (QED) is 0.468. The van der Waals surface area contributed by atoms with E-state index in [2.05, 4.69) is 10.6 Å². The number of methoxy groups -OCH3 is 2. The van der Waals surface area contributed by atoms with Gasteiger partial charge in [0.2, 0.25) is 5.91 Å². The molecular weight excluding hydrogens is 474 g/mol. The topological polar surface area (TPSA) is 72.1 Å². The summed E-state index contributed by atoms with van der Waals surface area (Å²) in [6.45, 7) is 5.92. The molecule has 3 atom stereocenters. The Morgan fingerprint density at radius 2 is 1.83 bits per heavy atom. The van der Waals surface area contributed by atoms with Crippen LogP contribution in [0.4, 0.5) is 11.4 Å². The van der Waals surface area contributed by atoms with Gasteiger partial charge in [-0.05, 0) is 75.0 Å². The Balaban J connectivity index is 1.63. The number of carbonyl (C=O) groups is 1. The number of benzene rings is 3. The van der Waals surface area contributed by atoms with Crippen LogP contribution in [-0.4, -0.2) is 31.0 Å². The van der Waals surface area contributed by atoms with Gasteiger partial charge in [-0.2, -0.15) is 0 Å². The zero-order valence-electron chi connectivity index (χ0n) is 20.9. The Hall–Kier alpha value is -3.78. The summed E-state index contributed by atoms with van der Waals surface area (Å²) >= 11 is 5.83. The van der Waals surface area contributed by atoms with Crippen molar-refractivity contribution in [3.63, 3.8) is 0 Å². The number of amides is 1. The van der Waals surface area contributed by atoms with Crippen molar-refractivity contribution in [1.29, 1.82) is 0 Å². The number of rotatable bonds is 5. The van der Waals surface area contributed by atoms with Crippen LogP contribution in [0.3, 0.4) is 0 Å². The number of fused-ring (bicyclic) bond motifs is 4. The first-order valence-electron chi connectivity index (χ1n) is 11.8. The summed E-state index contributed by atoms with van der Waals surface area (Å²) in [6.07, 6.45) is 0. The van der Waals surface area contributed by atoms with Gasteiger partial charge in [-0.15, -0.1) is 0 Å². The van der Waals surface area contributed by atoms with Crippen LogP contribution in [0.25, 0.3) is 0 Å². The van der Waals surface area contributed by atoms with Crippen LogP contribution in [-0.2, 0) is 4.79 Å². The lowest BCUT2D eigenvalue weighted by atomic mass is 9.78. The van der Waals surface area contributed by atoms with E-state index in [0.29, 0.717) is 16.6 Å². The molecular formula is C28H29N3O4S. The van der Waals surface area contributed by atoms with E-state index in [1.54, 1.807) is 14.2 Å². The standard InChI is InChI=1S/C28H29N3O4S/c1-16-9-14-21(17(2)15-16)29-26(32)23-24-20-7-6-8-22(34-5)25(20)35-28(23,3)31(27(36)30-24)18-10-12-19(33-4)13-11-18/h6-15,23-24H,1-5H3,(H,29,32)(H,30,36)/t23-,24-,28+/m0/s1. The lowest BCUT2D eigenvalue weighted by molar-refractivity contribution is -0.130. The van der Waals surface area contributed by atoms with Crippen LogP contribution >= 0.6 is 12.2 Å². The SMILES string of the molecule is COc1ccc(N2C(=S)N[C@H]3c4cccc(OC)c4O[C@]2(C)[C@@H]3C(=O)Nc2ccc(C)cc2C)cc1. The van der Waals surface area contributed by atoms with Gasteiger partial charge in [0.25, 0.3) is 0 Å². The number of hydrogen-bond acceptors (Lipinski definition) is 5. The largest absolute Gasteiger partial charge is 0.497 e. The van der Waals surface area contributed by atoms with Crippen LogP contribution in [0, 0.1) is 19.8 Å². The van der Waals surface area contributed by atoms with Crippen molar-refractivity contribution in [2.24, 2.45) is 5.92 Å². The molecule has 0 spiro atoms. The van der Waals surface area contributed by atoms with E-state index in [1.807, 2.05) is 86.3 Å². The summed E-state index contributed by atoms with van der Waals surface area (Å²) in [5.74, 6) is 1.10. The Morgan fingerprint density at radius 3 is 2.50 bits per heavy atom. The van der Waals surface area contributed by atoms with Crippen LogP contribution < -0.4 is 29.7 Å². The van der Waals surface area contributed by atoms with Crippen molar-refractivity contribution < 1.29 is 19.0 Å². The molecule has 2 aliphatic heterocycles. The smallest absolute Gasteiger partial charge is 0.236 e. The summed E-state index contributed by atoms with van der Waals surface area (Å²) in [7, 11) is 3.23. The third kappa shape index (κ3) is 3.82. The van der Waals surface area contributed by atoms with Gasteiger partial charge in [-0.3, -0.25) is 9.69 Å². The van der Waals surface area contributed by atoms with Crippen LogP contribution in [0.2, 0.25) is 0 Å². The van der Waals surface area contributed by atoms with E-state index < -0.39 is 17.7 Å². The average molecular weight is 504 g/mol. The predicted molar refractivity (Wildman–Crippen MR) is 144 cm³/mol. The maximum atomic E-state index is 14.0. The number of nitrogens with one attached hydrogen (secondary N) is 2. The maximum Gasteiger partial charge on any atom is 0.236 e. The second-order valence-corrected chi connectivity index (χ2v) is 9.67. The van der Waals surface area contributed by atoms with Gasteiger partial charge < -0.3 is 24.8 Å². The van der Waals surface area contributed by atoms with Crippen LogP contribution in [0.5, 0.6) is 17.2 Å². The fraction of sp³-hybridized carbons (Fsp3) is 0.286. The molecule has 1 fully saturated rings. The maximum absolute atomic E-state index is 14.0. The number of anilines is 2. The van der Waals surface area contributed by atoms with Crippen molar-refractivity contribution in [2.45, 2.75) is 32.5 Å². The number of hydrogen-bond donors (Lipinski definition) is 2. The van der Waals surface area contributed by atoms with Gasteiger partial charge in [0.05, 0.1) is 20.3 Å². The Labute approximate surface area is 216 Å². The molecule has 0 unspecified atom stereocenters. The van der Waals surface area contributed by atoms with Crippen molar-refractivity contribution >= 4 is 34.6 Å². The van der Waals surface area contributed by atoms with Gasteiger partial charge in [0.15, 0.2) is 22.3 Å². The molecule has 186 valence electrons. The summed E-state index contributed by atoms with van der Waals surface area (Å²) in [5, 5.41) is 7.04. The van der Waals surface area contributed by atoms with Gasteiger partial charge in [-0.25, -0.2) is 0 Å². The number of para-hydroxylation sites is 1. The number of thiocarbonyl (C=S) groups is 1. The molecule has 2 heterocycles. The molecule has 0 radical (unpaired) electrons. The minimum Gasteiger partial charge on any atom is -0.497 e. The second-order valence-electron chi connectivity index (χ2n) is 9.28. The minimum atomic E-state index is -1.15. The highest BCUT2D eigenvalue weighted by atomic mass is 32.1. The fourth-order valence-corrected chi connectivity index (χ4v) is 5.63. The summed E-state index contributed by atoms with van der Waals surface area (Å²) in [4.78, 5) is 15.9. The van der Waals surface area contributed by atoms with E-state index in [1.165, 1.54) is 0 Å². The molecule has 2 N–H and O–H groups in total. The van der Waals surface area contributed by atoms with Gasteiger partial charge in [0.1, 0.15) is 11.7 Å². The number of aryl methyl sites for hydroxylation is 2. The predicted octanol–water partition coefficient (Wildman–Crippen LogP) is 5.12. The molecule has 1 amide bonds. The first-order valence-corrected chi connectivity index (χ1v) is 12.2. The zero-order chi connectivity index (χ0) is 25.6. The normalized spacial score (nSPS) is 22.1. The third-order valence-corrected chi connectivity index (χ3v) is 7.26. The molecule has 3 aromatic carbocycles. The molecule has 2 aliphatic rings. The Bertz CT molecular complexity index is 1340. The van der Waals surface area contributed by atoms with Crippen molar-refractivity contribution in [3.8, 4) is 17.2 Å². The zero-order valence-corrected chi connectivity index (χ0v) is 21.7. The fourth-order valence-electron chi connectivity index (χ4n) is 5.22. The summed E-state index contributed by atoms with van der Waals surface area (Å²) < 4.78 is 17.7. The molecule has 0 aliphatic carbocycles. The van der Waals surface area contributed by atoms with E-state index in [4.69, 9.17) is 26.4 Å². The highest BCUT2D eigenvalue weighted by Gasteiger charge is 2.59. The van der Waals surface area contributed by atoms with E-state index >= 15 is 0 Å². The molecule has 7 nitrogen and oxygen atoms in total. The molecule has 0 saturated carbocycles. The second kappa shape index (κ2) is 9.02. The molecule has 3 aromatic rings. The number of carbonyl (C=O) groups excluding carboxylic acids is 1. The summed E-state index contributed by atoms with van der Waals surface area (Å²) in [5.41, 5.74) is 3.34. The summed E-state index contributed by atoms with van der Waals surface area (Å²) in [6, 6.07) is 18.8. The van der Waals surface area contributed by atoms with Crippen LogP contribution in [0.1, 0.15) is 29.7 Å². The third-order valence-electron chi connectivity index (χ3n) is 6.96. The van der Waals surface area contributed by atoms with Crippen molar-refractivity contribution in [1.82, 2.24) is 5.32 Å². The molecule has 0 aromatic heterocycles.